The average molecular weight is 418 g/mol. The van der Waals surface area contributed by atoms with E-state index in [4.69, 9.17) is 15.3 Å². The van der Waals surface area contributed by atoms with Crippen LogP contribution in [-0.4, -0.2) is 39.7 Å². The second kappa shape index (κ2) is 8.52. The Balaban J connectivity index is 1.40. The number of aromatic nitrogens is 3. The highest BCUT2D eigenvalue weighted by Gasteiger charge is 2.30. The lowest BCUT2D eigenvalue weighted by molar-refractivity contribution is -0.119. The van der Waals surface area contributed by atoms with E-state index in [2.05, 4.69) is 29.4 Å². The van der Waals surface area contributed by atoms with Crippen LogP contribution in [0, 0.1) is 5.92 Å². The lowest BCUT2D eigenvalue weighted by atomic mass is 9.95. The number of nitrogens with two attached hydrogens (primary N) is 1. The summed E-state index contributed by atoms with van der Waals surface area (Å²) in [5.74, 6) is 9.15. The molecule has 156 valence electrons. The lowest BCUT2D eigenvalue weighted by Gasteiger charge is -2.23. The van der Waals surface area contributed by atoms with Crippen molar-refractivity contribution in [3.05, 3.63) is 29.6 Å². The summed E-state index contributed by atoms with van der Waals surface area (Å²) in [7, 11) is 0. The van der Waals surface area contributed by atoms with Crippen LogP contribution in [0.5, 0.6) is 11.5 Å². The smallest absolute Gasteiger partial charge is 0.230 e. The van der Waals surface area contributed by atoms with Crippen LogP contribution < -0.4 is 20.6 Å². The summed E-state index contributed by atoms with van der Waals surface area (Å²) in [6, 6.07) is 5.75. The van der Waals surface area contributed by atoms with Gasteiger partial charge in [0.1, 0.15) is 0 Å². The molecule has 1 aliphatic heterocycles. The summed E-state index contributed by atoms with van der Waals surface area (Å²) in [4.78, 5) is 12.6. The molecule has 0 bridgehead atoms. The molecular formula is C20H27N5O3S. The van der Waals surface area contributed by atoms with E-state index in [1.54, 1.807) is 0 Å². The third-order valence-corrected chi connectivity index (χ3v) is 6.02. The van der Waals surface area contributed by atoms with E-state index in [1.165, 1.54) is 16.4 Å². The van der Waals surface area contributed by atoms with Crippen LogP contribution in [0.2, 0.25) is 0 Å². The molecular weight excluding hydrogens is 390 g/mol. The molecule has 1 aromatic heterocycles. The minimum absolute atomic E-state index is 0.0724. The van der Waals surface area contributed by atoms with Crippen molar-refractivity contribution in [1.82, 2.24) is 20.2 Å². The van der Waals surface area contributed by atoms with Gasteiger partial charge in [-0.1, -0.05) is 31.7 Å². The minimum atomic E-state index is -0.127. The summed E-state index contributed by atoms with van der Waals surface area (Å²) in [6.07, 6.45) is 3.07. The van der Waals surface area contributed by atoms with Gasteiger partial charge in [0.05, 0.1) is 25.0 Å². The second-order valence-corrected chi connectivity index (χ2v) is 8.76. The highest BCUT2D eigenvalue weighted by Crippen LogP contribution is 2.39. The summed E-state index contributed by atoms with van der Waals surface area (Å²) in [5, 5.41) is 12.0. The number of amides is 1. The van der Waals surface area contributed by atoms with E-state index in [0.717, 1.165) is 42.1 Å². The number of carbonyl (C=O) groups is 1. The number of benzene rings is 1. The Morgan fingerprint density at radius 1 is 1.28 bits per heavy atom. The van der Waals surface area contributed by atoms with Crippen molar-refractivity contribution >= 4 is 17.7 Å². The van der Waals surface area contributed by atoms with Crippen LogP contribution in [0.1, 0.15) is 56.5 Å². The van der Waals surface area contributed by atoms with Gasteiger partial charge in [0.15, 0.2) is 17.3 Å². The number of hydrogen-bond acceptors (Lipinski definition) is 7. The molecule has 0 radical (unpaired) electrons. The topological polar surface area (TPSA) is 104 Å². The zero-order valence-corrected chi connectivity index (χ0v) is 17.6. The van der Waals surface area contributed by atoms with Crippen LogP contribution in [-0.2, 0) is 4.79 Å². The first-order valence-electron chi connectivity index (χ1n) is 10.0. The molecule has 1 saturated carbocycles. The SMILES string of the molecule is CC(C)[C@@H](NC(=O)CSc1nnc(C2CC2)n1N)c1ccc2c(c1)OCCCO2. The van der Waals surface area contributed by atoms with E-state index in [9.17, 15) is 4.79 Å². The highest BCUT2D eigenvalue weighted by molar-refractivity contribution is 7.99. The van der Waals surface area contributed by atoms with Gasteiger partial charge >= 0.3 is 0 Å². The molecule has 9 heteroatoms. The van der Waals surface area contributed by atoms with E-state index in [1.807, 2.05) is 18.2 Å². The molecule has 4 rings (SSSR count). The van der Waals surface area contributed by atoms with Gasteiger partial charge in [0, 0.05) is 12.3 Å². The third-order valence-electron chi connectivity index (χ3n) is 5.08. The van der Waals surface area contributed by atoms with Gasteiger partial charge in [-0.25, -0.2) is 4.68 Å². The molecule has 1 aliphatic carbocycles. The highest BCUT2D eigenvalue weighted by atomic mass is 32.2. The number of nitrogens with zero attached hydrogens (tertiary/aromatic N) is 3. The predicted molar refractivity (Wildman–Crippen MR) is 111 cm³/mol. The molecule has 1 amide bonds. The first kappa shape index (κ1) is 19.9. The number of rotatable bonds is 7. The van der Waals surface area contributed by atoms with Crippen molar-refractivity contribution in [1.29, 1.82) is 0 Å². The summed E-state index contributed by atoms with van der Waals surface area (Å²) >= 11 is 1.30. The molecule has 3 N–H and O–H groups in total. The minimum Gasteiger partial charge on any atom is -0.490 e. The molecule has 1 fully saturated rings. The number of nitrogens with one attached hydrogen (secondary N) is 1. The molecule has 1 atom stereocenters. The van der Waals surface area contributed by atoms with Gasteiger partial charge < -0.3 is 20.6 Å². The quantitative estimate of drug-likeness (QED) is 0.527. The number of ether oxygens (including phenoxy) is 2. The fourth-order valence-electron chi connectivity index (χ4n) is 3.36. The third kappa shape index (κ3) is 4.60. The molecule has 8 nitrogen and oxygen atoms in total. The van der Waals surface area contributed by atoms with Crippen molar-refractivity contribution in [2.24, 2.45) is 5.92 Å². The Labute approximate surface area is 174 Å². The molecule has 2 heterocycles. The summed E-state index contributed by atoms with van der Waals surface area (Å²) < 4.78 is 13.0. The molecule has 2 aliphatic rings. The molecule has 0 spiro atoms. The largest absolute Gasteiger partial charge is 0.490 e. The van der Waals surface area contributed by atoms with Crippen LogP contribution in [0.4, 0.5) is 0 Å². The first-order valence-corrected chi connectivity index (χ1v) is 11.0. The fourth-order valence-corrected chi connectivity index (χ4v) is 4.03. The predicted octanol–water partition coefficient (Wildman–Crippen LogP) is 2.64. The van der Waals surface area contributed by atoms with E-state index >= 15 is 0 Å². The molecule has 29 heavy (non-hydrogen) atoms. The summed E-state index contributed by atoms with van der Waals surface area (Å²) in [6.45, 7) is 5.45. The maximum Gasteiger partial charge on any atom is 0.230 e. The van der Waals surface area contributed by atoms with Crippen molar-refractivity contribution in [3.8, 4) is 11.5 Å². The maximum atomic E-state index is 12.6. The van der Waals surface area contributed by atoms with Crippen LogP contribution >= 0.6 is 11.8 Å². The monoisotopic (exact) mass is 417 g/mol. The Kier molecular flexibility index (Phi) is 5.84. The van der Waals surface area contributed by atoms with Gasteiger partial charge in [0.25, 0.3) is 0 Å². The molecule has 0 saturated heterocycles. The Morgan fingerprint density at radius 2 is 2.03 bits per heavy atom. The number of fused-ring (bicyclic) bond motifs is 1. The van der Waals surface area contributed by atoms with Crippen LogP contribution in [0.15, 0.2) is 23.4 Å². The molecule has 1 aromatic carbocycles. The average Bonchev–Trinajstić information content (AvgIpc) is 3.50. The van der Waals surface area contributed by atoms with E-state index in [0.29, 0.717) is 24.3 Å². The Morgan fingerprint density at radius 3 is 2.76 bits per heavy atom. The van der Waals surface area contributed by atoms with Gasteiger partial charge in [-0.05, 0) is 36.5 Å². The van der Waals surface area contributed by atoms with Gasteiger partial charge in [0.2, 0.25) is 11.1 Å². The Hall–Kier alpha value is -2.42. The zero-order valence-electron chi connectivity index (χ0n) is 16.8. The molecule has 0 unspecified atom stereocenters. The lowest BCUT2D eigenvalue weighted by Crippen LogP contribution is -2.33. The Bertz CT molecular complexity index is 881. The van der Waals surface area contributed by atoms with Crippen molar-refractivity contribution < 1.29 is 14.3 Å². The summed E-state index contributed by atoms with van der Waals surface area (Å²) in [5.41, 5.74) is 1.00. The van der Waals surface area contributed by atoms with Crippen LogP contribution in [0.25, 0.3) is 0 Å². The van der Waals surface area contributed by atoms with Crippen molar-refractivity contribution in [3.63, 3.8) is 0 Å². The van der Waals surface area contributed by atoms with Crippen LogP contribution in [0.3, 0.4) is 0 Å². The van der Waals surface area contributed by atoms with E-state index in [-0.39, 0.29) is 23.6 Å². The standard InChI is InChI=1S/C20H27N5O3S/c1-12(2)18(14-6-7-15-16(10-14)28-9-3-8-27-15)22-17(26)11-29-20-24-23-19(25(20)21)13-4-5-13/h6-7,10,12-13,18H,3-5,8-9,11,21H2,1-2H3,(H,22,26)/t18-/m1/s1. The number of nitrogen functional groups attached to an aromatic ring is 1. The number of carbonyl (C=O) groups excluding carboxylic acids is 1. The number of hydrogen-bond donors (Lipinski definition) is 2. The van der Waals surface area contributed by atoms with Crippen molar-refractivity contribution in [2.45, 2.75) is 50.2 Å². The fraction of sp³-hybridized carbons (Fsp3) is 0.550. The van der Waals surface area contributed by atoms with Crippen molar-refractivity contribution in [2.75, 3.05) is 24.8 Å². The zero-order chi connectivity index (χ0) is 20.4. The first-order chi connectivity index (χ1) is 14.0. The maximum absolute atomic E-state index is 12.6. The second-order valence-electron chi connectivity index (χ2n) is 7.82. The molecule has 2 aromatic rings. The normalized spacial score (nSPS) is 17.1. The number of thioether (sulfide) groups is 1. The van der Waals surface area contributed by atoms with Gasteiger partial charge in [-0.3, -0.25) is 4.79 Å². The van der Waals surface area contributed by atoms with Gasteiger partial charge in [-0.2, -0.15) is 0 Å². The van der Waals surface area contributed by atoms with Gasteiger partial charge in [-0.15, -0.1) is 10.2 Å². The van der Waals surface area contributed by atoms with E-state index < -0.39 is 0 Å².